The Morgan fingerprint density at radius 2 is 2.15 bits per heavy atom. The maximum Gasteiger partial charge on any atom is 0.111 e. The van der Waals surface area contributed by atoms with Gasteiger partial charge in [0.1, 0.15) is 6.23 Å². The van der Waals surface area contributed by atoms with Crippen molar-refractivity contribution in [1.29, 1.82) is 0 Å². The number of allylic oxidation sites excluding steroid dienone is 3. The van der Waals surface area contributed by atoms with E-state index in [-0.39, 0.29) is 11.3 Å². The lowest BCUT2D eigenvalue weighted by atomic mass is 9.96. The summed E-state index contributed by atoms with van der Waals surface area (Å²) in [6, 6.07) is 0.465. The summed E-state index contributed by atoms with van der Waals surface area (Å²) in [7, 11) is 1.73. The molecule has 2 N–H and O–H groups in total. The highest BCUT2D eigenvalue weighted by atomic mass is 35.5. The minimum Gasteiger partial charge on any atom is -0.385 e. The van der Waals surface area contributed by atoms with Gasteiger partial charge in [-0.1, -0.05) is 17.7 Å². The van der Waals surface area contributed by atoms with E-state index >= 15 is 0 Å². The van der Waals surface area contributed by atoms with Crippen LogP contribution in [-0.4, -0.2) is 66.9 Å². The van der Waals surface area contributed by atoms with E-state index < -0.39 is 6.23 Å². The van der Waals surface area contributed by atoms with Gasteiger partial charge in [0.25, 0.3) is 0 Å². The van der Waals surface area contributed by atoms with Crippen LogP contribution >= 0.6 is 23.2 Å². The Hall–Kier alpha value is -0.100. The molecule has 2 rings (SSSR count). The highest BCUT2D eigenvalue weighted by Crippen LogP contribution is 2.33. The number of ether oxygens (including phenoxy) is 1. The van der Waals surface area contributed by atoms with Gasteiger partial charge in [-0.15, -0.1) is 23.2 Å². The zero-order chi connectivity index (χ0) is 19.6. The Kier molecular flexibility index (Phi) is 10.7. The van der Waals surface area contributed by atoms with E-state index in [4.69, 9.17) is 27.9 Å². The fourth-order valence-corrected chi connectivity index (χ4v) is 4.08. The second kappa shape index (κ2) is 12.5. The fourth-order valence-electron chi connectivity index (χ4n) is 3.75. The molecule has 0 aromatic rings. The molecule has 1 aliphatic carbocycles. The Morgan fingerprint density at radius 1 is 1.37 bits per heavy atom. The average Bonchev–Trinajstić information content (AvgIpc) is 3.54. The fraction of sp³-hybridized carbons (Fsp3) is 0.810. The molecule has 0 radical (unpaired) electrons. The molecule has 1 aliphatic heterocycles. The standard InChI is InChI=1S/C21H36Cl2N2O2/c1-3-16(6-5-11-27-2)12-18(20(23)13-22)15-25(19-8-9-19)21(26)17-7-4-10-24-14-17/h3,12,17,19-21,24,26H,4-11,13-15H2,1-2H3/b16-3-,18-12-/t17-,20?,21?/m1/s1. The second-order valence-electron chi connectivity index (χ2n) is 7.72. The van der Waals surface area contributed by atoms with Gasteiger partial charge in [-0.05, 0) is 57.6 Å². The van der Waals surface area contributed by atoms with E-state index in [1.54, 1.807) is 7.11 Å². The van der Waals surface area contributed by atoms with Crippen molar-refractivity contribution in [3.8, 4) is 0 Å². The number of hydrogen-bond acceptors (Lipinski definition) is 4. The van der Waals surface area contributed by atoms with Gasteiger partial charge < -0.3 is 15.2 Å². The molecule has 156 valence electrons. The van der Waals surface area contributed by atoms with Crippen molar-refractivity contribution in [2.45, 2.75) is 63.1 Å². The van der Waals surface area contributed by atoms with Crippen LogP contribution in [0.15, 0.2) is 23.3 Å². The van der Waals surface area contributed by atoms with Crippen LogP contribution in [0.1, 0.15) is 45.4 Å². The molecule has 6 heteroatoms. The lowest BCUT2D eigenvalue weighted by Gasteiger charge is -2.36. The van der Waals surface area contributed by atoms with Crippen LogP contribution in [-0.2, 0) is 4.74 Å². The van der Waals surface area contributed by atoms with E-state index in [9.17, 15) is 5.11 Å². The zero-order valence-corrected chi connectivity index (χ0v) is 18.3. The van der Waals surface area contributed by atoms with Crippen molar-refractivity contribution < 1.29 is 9.84 Å². The monoisotopic (exact) mass is 418 g/mol. The molecular weight excluding hydrogens is 383 g/mol. The Labute approximate surface area is 174 Å². The van der Waals surface area contributed by atoms with Crippen LogP contribution in [0.2, 0.25) is 0 Å². The number of nitrogens with zero attached hydrogens (tertiary/aromatic N) is 1. The van der Waals surface area contributed by atoms with Crippen molar-refractivity contribution in [2.75, 3.05) is 39.2 Å². The van der Waals surface area contributed by atoms with Gasteiger partial charge in [-0.3, -0.25) is 4.90 Å². The van der Waals surface area contributed by atoms with Gasteiger partial charge in [0, 0.05) is 44.6 Å². The Morgan fingerprint density at radius 3 is 2.70 bits per heavy atom. The van der Waals surface area contributed by atoms with Crippen LogP contribution in [0.3, 0.4) is 0 Å². The molecule has 2 unspecified atom stereocenters. The van der Waals surface area contributed by atoms with Crippen LogP contribution in [0.5, 0.6) is 0 Å². The van der Waals surface area contributed by atoms with Crippen molar-refractivity contribution in [1.82, 2.24) is 10.2 Å². The van der Waals surface area contributed by atoms with E-state index in [0.717, 1.165) is 63.8 Å². The molecule has 0 aromatic carbocycles. The molecule has 4 nitrogen and oxygen atoms in total. The highest BCUT2D eigenvalue weighted by Gasteiger charge is 2.37. The van der Waals surface area contributed by atoms with Crippen LogP contribution < -0.4 is 5.32 Å². The third-order valence-corrected chi connectivity index (χ3v) is 6.47. The number of halogens is 2. The minimum atomic E-state index is -0.421. The number of aliphatic hydroxyl groups is 1. The number of nitrogens with one attached hydrogen (secondary N) is 1. The summed E-state index contributed by atoms with van der Waals surface area (Å²) < 4.78 is 5.17. The molecule has 27 heavy (non-hydrogen) atoms. The number of alkyl halides is 2. The molecule has 0 amide bonds. The predicted molar refractivity (Wildman–Crippen MR) is 115 cm³/mol. The number of piperidine rings is 1. The molecular formula is C21H36Cl2N2O2. The molecule has 1 saturated carbocycles. The first-order chi connectivity index (χ1) is 13.1. The number of hydrogen-bond donors (Lipinski definition) is 2. The smallest absolute Gasteiger partial charge is 0.111 e. The van der Waals surface area contributed by atoms with Gasteiger partial charge in [-0.25, -0.2) is 0 Å². The van der Waals surface area contributed by atoms with E-state index in [0.29, 0.717) is 18.5 Å². The Bertz CT molecular complexity index is 489. The van der Waals surface area contributed by atoms with Gasteiger partial charge in [0.2, 0.25) is 0 Å². The number of aliphatic hydroxyl groups excluding tert-OH is 1. The third kappa shape index (κ3) is 7.68. The van der Waals surface area contributed by atoms with Gasteiger partial charge in [0.15, 0.2) is 0 Å². The van der Waals surface area contributed by atoms with E-state index in [2.05, 4.69) is 29.3 Å². The van der Waals surface area contributed by atoms with Gasteiger partial charge in [0.05, 0.1) is 5.38 Å². The van der Waals surface area contributed by atoms with Crippen LogP contribution in [0, 0.1) is 5.92 Å². The summed E-state index contributed by atoms with van der Waals surface area (Å²) >= 11 is 12.7. The highest BCUT2D eigenvalue weighted by molar-refractivity contribution is 6.29. The summed E-state index contributed by atoms with van der Waals surface area (Å²) in [6.07, 6.45) is 10.4. The molecule has 0 aromatic heterocycles. The van der Waals surface area contributed by atoms with Gasteiger partial charge in [-0.2, -0.15) is 0 Å². The van der Waals surface area contributed by atoms with Crippen molar-refractivity contribution in [3.63, 3.8) is 0 Å². The molecule has 2 fully saturated rings. The van der Waals surface area contributed by atoms with E-state index in [1.165, 1.54) is 5.57 Å². The quantitative estimate of drug-likeness (QED) is 0.218. The largest absolute Gasteiger partial charge is 0.385 e. The maximum atomic E-state index is 11.1. The van der Waals surface area contributed by atoms with Gasteiger partial charge >= 0.3 is 0 Å². The maximum absolute atomic E-state index is 11.1. The minimum absolute atomic E-state index is 0.220. The SMILES string of the molecule is C/C=C(\C=C(\CN(C1CC1)C(O)[C@@H]1CCCNC1)C(Cl)CCl)CCCOC. The second-order valence-corrected chi connectivity index (χ2v) is 8.56. The number of methoxy groups -OCH3 is 1. The molecule has 0 spiro atoms. The molecule has 0 bridgehead atoms. The van der Waals surface area contributed by atoms with Crippen molar-refractivity contribution in [2.24, 2.45) is 5.92 Å². The average molecular weight is 419 g/mol. The van der Waals surface area contributed by atoms with E-state index in [1.807, 2.05) is 0 Å². The Balaban J connectivity index is 2.10. The summed E-state index contributed by atoms with van der Waals surface area (Å²) in [5.41, 5.74) is 2.36. The van der Waals surface area contributed by atoms with Crippen molar-refractivity contribution in [3.05, 3.63) is 23.3 Å². The lowest BCUT2D eigenvalue weighted by Crippen LogP contribution is -2.48. The topological polar surface area (TPSA) is 44.7 Å². The molecule has 1 heterocycles. The summed E-state index contributed by atoms with van der Waals surface area (Å²) in [6.45, 7) is 5.44. The number of rotatable bonds is 12. The first-order valence-corrected chi connectivity index (χ1v) is 11.3. The van der Waals surface area contributed by atoms with Crippen LogP contribution in [0.4, 0.5) is 0 Å². The predicted octanol–water partition coefficient (Wildman–Crippen LogP) is 3.91. The summed E-state index contributed by atoms with van der Waals surface area (Å²) in [5, 5.41) is 14.3. The van der Waals surface area contributed by atoms with Crippen LogP contribution in [0.25, 0.3) is 0 Å². The summed E-state index contributed by atoms with van der Waals surface area (Å²) in [4.78, 5) is 2.26. The molecule has 3 atom stereocenters. The van der Waals surface area contributed by atoms with Crippen molar-refractivity contribution >= 4 is 23.2 Å². The third-order valence-electron chi connectivity index (χ3n) is 5.57. The summed E-state index contributed by atoms with van der Waals surface area (Å²) in [5.74, 6) is 0.662. The normalized spacial score (nSPS) is 24.3. The lowest BCUT2D eigenvalue weighted by molar-refractivity contribution is -0.0467. The molecule has 2 aliphatic rings. The zero-order valence-electron chi connectivity index (χ0n) is 16.8. The first-order valence-electron chi connectivity index (χ1n) is 10.3. The first kappa shape index (κ1) is 23.2. The molecule has 1 saturated heterocycles.